The van der Waals surface area contributed by atoms with Crippen LogP contribution in [-0.4, -0.2) is 20.8 Å². The molecule has 2 aromatic rings. The van der Waals surface area contributed by atoms with Gasteiger partial charge in [0.1, 0.15) is 12.2 Å². The Morgan fingerprint density at radius 2 is 2.10 bits per heavy atom. The Balaban J connectivity index is 1.88. The molecule has 1 saturated carbocycles. The number of nitrogens with two attached hydrogens (primary N) is 1. The van der Waals surface area contributed by atoms with E-state index in [-0.39, 0.29) is 11.5 Å². The molecule has 5 nitrogen and oxygen atoms in total. The van der Waals surface area contributed by atoms with Crippen LogP contribution in [-0.2, 0) is 18.4 Å². The Bertz CT molecular complexity index is 573. The van der Waals surface area contributed by atoms with Crippen LogP contribution < -0.4 is 11.3 Å². The lowest BCUT2D eigenvalue weighted by Crippen LogP contribution is -2.56. The van der Waals surface area contributed by atoms with Crippen molar-refractivity contribution >= 4 is 0 Å². The largest absolute Gasteiger partial charge is 0.271 e. The minimum Gasteiger partial charge on any atom is -0.271 e. The molecular formula is C16H23N5. The van der Waals surface area contributed by atoms with Crippen molar-refractivity contribution < 1.29 is 0 Å². The maximum Gasteiger partial charge on any atom is 0.138 e. The van der Waals surface area contributed by atoms with E-state index in [0.29, 0.717) is 0 Å². The van der Waals surface area contributed by atoms with Crippen molar-refractivity contribution in [1.29, 1.82) is 0 Å². The normalized spacial score (nSPS) is 18.2. The standard InChI is InChI=1S/C16H23N5/c1-2-21-15(18-12-19-21)11-14(20-17)16(9-6-10-16)13-7-4-3-5-8-13/h3-5,7-8,12,14,20H,2,6,9-11,17H2,1H3. The second-order valence-corrected chi connectivity index (χ2v) is 5.79. The Morgan fingerprint density at radius 3 is 2.67 bits per heavy atom. The number of aryl methyl sites for hydroxylation is 1. The molecule has 1 aromatic heterocycles. The van der Waals surface area contributed by atoms with Gasteiger partial charge in [-0.3, -0.25) is 16.0 Å². The fraction of sp³-hybridized carbons (Fsp3) is 0.500. The number of hydrazine groups is 1. The lowest BCUT2D eigenvalue weighted by atomic mass is 9.59. The van der Waals surface area contributed by atoms with Gasteiger partial charge in [0, 0.05) is 24.4 Å². The lowest BCUT2D eigenvalue weighted by Gasteiger charge is -2.48. The zero-order valence-corrected chi connectivity index (χ0v) is 12.5. The highest BCUT2D eigenvalue weighted by Crippen LogP contribution is 2.46. The van der Waals surface area contributed by atoms with E-state index in [9.17, 15) is 0 Å². The summed E-state index contributed by atoms with van der Waals surface area (Å²) in [5.41, 5.74) is 4.55. The highest BCUT2D eigenvalue weighted by molar-refractivity contribution is 5.31. The van der Waals surface area contributed by atoms with E-state index in [0.717, 1.165) is 18.8 Å². The van der Waals surface area contributed by atoms with Crippen LogP contribution >= 0.6 is 0 Å². The first-order valence-electron chi connectivity index (χ1n) is 7.68. The van der Waals surface area contributed by atoms with Gasteiger partial charge in [0.2, 0.25) is 0 Å². The van der Waals surface area contributed by atoms with Crippen molar-refractivity contribution in [1.82, 2.24) is 20.2 Å². The van der Waals surface area contributed by atoms with Gasteiger partial charge in [0.25, 0.3) is 0 Å². The predicted molar refractivity (Wildman–Crippen MR) is 82.5 cm³/mol. The van der Waals surface area contributed by atoms with Crippen molar-refractivity contribution in [3.05, 3.63) is 48.0 Å². The van der Waals surface area contributed by atoms with Crippen LogP contribution in [0.3, 0.4) is 0 Å². The second kappa shape index (κ2) is 5.95. The first-order valence-corrected chi connectivity index (χ1v) is 7.68. The molecule has 3 N–H and O–H groups in total. The lowest BCUT2D eigenvalue weighted by molar-refractivity contribution is 0.166. The highest BCUT2D eigenvalue weighted by atomic mass is 15.3. The SMILES string of the molecule is CCn1ncnc1CC(NN)C1(c2ccccc2)CCC1. The minimum atomic E-state index is 0.126. The summed E-state index contributed by atoms with van der Waals surface area (Å²) in [6.07, 6.45) is 6.04. The van der Waals surface area contributed by atoms with Crippen LogP contribution in [0.5, 0.6) is 0 Å². The summed E-state index contributed by atoms with van der Waals surface area (Å²) in [6.45, 7) is 2.92. The van der Waals surface area contributed by atoms with Gasteiger partial charge in [-0.25, -0.2) is 4.98 Å². The molecule has 0 spiro atoms. The number of nitrogens with one attached hydrogen (secondary N) is 1. The summed E-state index contributed by atoms with van der Waals surface area (Å²) >= 11 is 0. The maximum atomic E-state index is 5.91. The topological polar surface area (TPSA) is 68.8 Å². The Labute approximate surface area is 125 Å². The number of hydrogen-bond acceptors (Lipinski definition) is 4. The molecule has 1 unspecified atom stereocenters. The molecular weight excluding hydrogens is 262 g/mol. The third-order valence-electron chi connectivity index (χ3n) is 4.84. The van der Waals surface area contributed by atoms with E-state index < -0.39 is 0 Å². The van der Waals surface area contributed by atoms with Crippen LogP contribution in [0.4, 0.5) is 0 Å². The summed E-state index contributed by atoms with van der Waals surface area (Å²) in [7, 11) is 0. The maximum absolute atomic E-state index is 5.91. The predicted octanol–water partition coefficient (Wildman–Crippen LogP) is 1.79. The minimum absolute atomic E-state index is 0.126. The molecule has 0 radical (unpaired) electrons. The van der Waals surface area contributed by atoms with Gasteiger partial charge in [-0.05, 0) is 25.3 Å². The molecule has 1 fully saturated rings. The molecule has 1 heterocycles. The summed E-state index contributed by atoms with van der Waals surface area (Å²) in [5, 5.41) is 4.26. The number of rotatable bonds is 6. The average molecular weight is 285 g/mol. The van der Waals surface area contributed by atoms with E-state index in [1.54, 1.807) is 6.33 Å². The molecule has 0 amide bonds. The zero-order valence-electron chi connectivity index (χ0n) is 12.5. The molecule has 1 aliphatic rings. The van der Waals surface area contributed by atoms with E-state index in [1.807, 2.05) is 4.68 Å². The Kier molecular flexibility index (Phi) is 4.03. The molecule has 21 heavy (non-hydrogen) atoms. The van der Waals surface area contributed by atoms with Crippen molar-refractivity contribution in [3.63, 3.8) is 0 Å². The van der Waals surface area contributed by atoms with Gasteiger partial charge in [0.15, 0.2) is 0 Å². The first kappa shape index (κ1) is 14.2. The van der Waals surface area contributed by atoms with Crippen LogP contribution in [0.15, 0.2) is 36.7 Å². The zero-order chi connectivity index (χ0) is 14.7. The summed E-state index contributed by atoms with van der Waals surface area (Å²) in [4.78, 5) is 4.40. The fourth-order valence-electron chi connectivity index (χ4n) is 3.47. The molecule has 1 atom stereocenters. The van der Waals surface area contributed by atoms with Crippen molar-refractivity contribution in [2.24, 2.45) is 5.84 Å². The highest BCUT2D eigenvalue weighted by Gasteiger charge is 2.45. The average Bonchev–Trinajstić information content (AvgIpc) is 2.93. The molecule has 0 aliphatic heterocycles. The Morgan fingerprint density at radius 1 is 1.33 bits per heavy atom. The van der Waals surface area contributed by atoms with Crippen LogP contribution in [0.25, 0.3) is 0 Å². The Hall–Kier alpha value is -1.72. The van der Waals surface area contributed by atoms with Crippen LogP contribution in [0, 0.1) is 0 Å². The monoisotopic (exact) mass is 285 g/mol. The van der Waals surface area contributed by atoms with Crippen LogP contribution in [0.1, 0.15) is 37.6 Å². The fourth-order valence-corrected chi connectivity index (χ4v) is 3.47. The van der Waals surface area contributed by atoms with Crippen LogP contribution in [0.2, 0.25) is 0 Å². The van der Waals surface area contributed by atoms with Gasteiger partial charge in [-0.1, -0.05) is 36.8 Å². The molecule has 112 valence electrons. The van der Waals surface area contributed by atoms with Crippen molar-refractivity contribution in [2.75, 3.05) is 0 Å². The van der Waals surface area contributed by atoms with Gasteiger partial charge in [-0.15, -0.1) is 0 Å². The van der Waals surface area contributed by atoms with E-state index >= 15 is 0 Å². The van der Waals surface area contributed by atoms with Gasteiger partial charge < -0.3 is 0 Å². The second-order valence-electron chi connectivity index (χ2n) is 5.79. The summed E-state index contributed by atoms with van der Waals surface area (Å²) in [5.74, 6) is 6.91. The number of hydrogen-bond donors (Lipinski definition) is 2. The summed E-state index contributed by atoms with van der Waals surface area (Å²) < 4.78 is 1.95. The molecule has 5 heteroatoms. The molecule has 3 rings (SSSR count). The first-order chi connectivity index (χ1) is 10.3. The van der Waals surface area contributed by atoms with Gasteiger partial charge in [0.05, 0.1) is 0 Å². The molecule has 0 bridgehead atoms. The van der Waals surface area contributed by atoms with Crippen molar-refractivity contribution in [2.45, 2.75) is 50.6 Å². The van der Waals surface area contributed by atoms with E-state index in [4.69, 9.17) is 5.84 Å². The van der Waals surface area contributed by atoms with Crippen molar-refractivity contribution in [3.8, 4) is 0 Å². The number of aromatic nitrogens is 3. The van der Waals surface area contributed by atoms with Gasteiger partial charge >= 0.3 is 0 Å². The smallest absolute Gasteiger partial charge is 0.138 e. The number of benzene rings is 1. The summed E-state index contributed by atoms with van der Waals surface area (Å²) in [6, 6.07) is 10.9. The van der Waals surface area contributed by atoms with E-state index in [1.165, 1.54) is 24.8 Å². The molecule has 1 aromatic carbocycles. The van der Waals surface area contributed by atoms with Gasteiger partial charge in [-0.2, -0.15) is 5.10 Å². The molecule has 1 aliphatic carbocycles. The van der Waals surface area contributed by atoms with E-state index in [2.05, 4.69) is 52.8 Å². The third kappa shape index (κ3) is 2.47. The molecule has 0 saturated heterocycles. The quantitative estimate of drug-likeness (QED) is 0.627. The third-order valence-corrected chi connectivity index (χ3v) is 4.84. The number of nitrogens with zero attached hydrogens (tertiary/aromatic N) is 3.